The fraction of sp³-hybridized carbons (Fsp3) is 0.364. The molecule has 0 unspecified atom stereocenters. The van der Waals surface area contributed by atoms with Crippen LogP contribution < -0.4 is 16.4 Å². The number of carboxylic acid groups (broad SMARTS) is 2. The maximum absolute atomic E-state index is 11.6. The molecule has 0 amide bonds. The summed E-state index contributed by atoms with van der Waals surface area (Å²) in [4.78, 5) is 23.2. The maximum atomic E-state index is 11.6. The van der Waals surface area contributed by atoms with E-state index in [2.05, 4.69) is 10.6 Å². The van der Waals surface area contributed by atoms with Gasteiger partial charge in [-0.25, -0.2) is 0 Å². The molecular formula is C22H29N3O4. The molecule has 0 heterocycles. The van der Waals surface area contributed by atoms with E-state index in [1.165, 1.54) is 0 Å². The second kappa shape index (κ2) is 10.7. The summed E-state index contributed by atoms with van der Waals surface area (Å²) in [7, 11) is 0. The van der Waals surface area contributed by atoms with Gasteiger partial charge in [0.05, 0.1) is 0 Å². The van der Waals surface area contributed by atoms with Gasteiger partial charge in [-0.05, 0) is 30.9 Å². The molecule has 7 nitrogen and oxygen atoms in total. The lowest BCUT2D eigenvalue weighted by Gasteiger charge is -2.29. The van der Waals surface area contributed by atoms with Crippen molar-refractivity contribution >= 4 is 11.9 Å². The number of benzene rings is 2. The van der Waals surface area contributed by atoms with Crippen LogP contribution in [0.15, 0.2) is 60.7 Å². The molecule has 156 valence electrons. The van der Waals surface area contributed by atoms with Crippen molar-refractivity contribution < 1.29 is 19.8 Å². The quantitative estimate of drug-likeness (QED) is 0.364. The zero-order valence-electron chi connectivity index (χ0n) is 16.5. The number of aliphatic carboxylic acids is 2. The van der Waals surface area contributed by atoms with Gasteiger partial charge in [-0.3, -0.25) is 9.59 Å². The fourth-order valence-electron chi connectivity index (χ4n) is 2.97. The summed E-state index contributed by atoms with van der Waals surface area (Å²) >= 11 is 0. The van der Waals surface area contributed by atoms with E-state index in [1.807, 2.05) is 60.7 Å². The lowest BCUT2D eigenvalue weighted by atomic mass is 10.00. The van der Waals surface area contributed by atoms with Gasteiger partial charge in [0.2, 0.25) is 0 Å². The Balaban J connectivity index is 1.89. The Hall–Kier alpha value is -2.74. The second-order valence-corrected chi connectivity index (χ2v) is 7.58. The molecule has 7 heteroatoms. The Morgan fingerprint density at radius 1 is 0.828 bits per heavy atom. The van der Waals surface area contributed by atoms with Crippen LogP contribution in [0.1, 0.15) is 18.1 Å². The molecule has 2 rings (SSSR count). The van der Waals surface area contributed by atoms with E-state index in [9.17, 15) is 19.8 Å². The standard InChI is InChI=1S/C22H29N3O4/c1-22(23,14-24-18(20(26)27)12-16-8-4-2-5-9-16)15-25-19(21(28)29)13-17-10-6-3-7-11-17/h2-11,18-19,24-25H,12-15,23H2,1H3,(H,26,27)(H,28,29)/t18-,19-/m0/s1. The van der Waals surface area contributed by atoms with E-state index in [1.54, 1.807) is 6.92 Å². The molecule has 6 N–H and O–H groups in total. The van der Waals surface area contributed by atoms with E-state index in [0.29, 0.717) is 12.8 Å². The average Bonchev–Trinajstić information content (AvgIpc) is 2.69. The van der Waals surface area contributed by atoms with Gasteiger partial charge in [0.1, 0.15) is 12.1 Å². The molecule has 0 aliphatic carbocycles. The van der Waals surface area contributed by atoms with Crippen LogP contribution in [-0.2, 0) is 22.4 Å². The van der Waals surface area contributed by atoms with Crippen molar-refractivity contribution in [2.45, 2.75) is 37.4 Å². The predicted molar refractivity (Wildman–Crippen MR) is 112 cm³/mol. The summed E-state index contributed by atoms with van der Waals surface area (Å²) in [5, 5.41) is 25.0. The summed E-state index contributed by atoms with van der Waals surface area (Å²) in [5.74, 6) is -1.91. The molecule has 0 bridgehead atoms. The number of nitrogens with one attached hydrogen (secondary N) is 2. The third kappa shape index (κ3) is 8.03. The van der Waals surface area contributed by atoms with Gasteiger partial charge in [0, 0.05) is 18.6 Å². The Labute approximate surface area is 170 Å². The van der Waals surface area contributed by atoms with Crippen molar-refractivity contribution in [3.63, 3.8) is 0 Å². The number of carboxylic acids is 2. The Kier molecular flexibility index (Phi) is 8.33. The molecule has 2 atom stereocenters. The summed E-state index contributed by atoms with van der Waals surface area (Å²) in [6.07, 6.45) is 0.677. The Morgan fingerprint density at radius 3 is 1.48 bits per heavy atom. The highest BCUT2D eigenvalue weighted by atomic mass is 16.4. The van der Waals surface area contributed by atoms with Gasteiger partial charge in [0.25, 0.3) is 0 Å². The van der Waals surface area contributed by atoms with Crippen LogP contribution in [0.4, 0.5) is 0 Å². The van der Waals surface area contributed by atoms with Crippen molar-refractivity contribution in [2.24, 2.45) is 5.73 Å². The van der Waals surface area contributed by atoms with Crippen molar-refractivity contribution in [2.75, 3.05) is 13.1 Å². The molecule has 0 fully saturated rings. The summed E-state index contributed by atoms with van der Waals surface area (Å²) in [6, 6.07) is 17.2. The van der Waals surface area contributed by atoms with Crippen LogP contribution in [0.3, 0.4) is 0 Å². The fourth-order valence-corrected chi connectivity index (χ4v) is 2.97. The van der Waals surface area contributed by atoms with Gasteiger partial charge in [-0.15, -0.1) is 0 Å². The molecule has 0 saturated heterocycles. The molecule has 29 heavy (non-hydrogen) atoms. The van der Waals surface area contributed by atoms with Crippen molar-refractivity contribution in [3.8, 4) is 0 Å². The number of hydrogen-bond acceptors (Lipinski definition) is 5. The van der Waals surface area contributed by atoms with Gasteiger partial charge in [-0.2, -0.15) is 0 Å². The van der Waals surface area contributed by atoms with Crippen LogP contribution >= 0.6 is 0 Å². The van der Waals surface area contributed by atoms with Crippen LogP contribution in [0.2, 0.25) is 0 Å². The normalized spacial score (nSPS) is 13.6. The van der Waals surface area contributed by atoms with E-state index in [4.69, 9.17) is 5.73 Å². The minimum absolute atomic E-state index is 0.224. The van der Waals surface area contributed by atoms with Crippen LogP contribution in [0.25, 0.3) is 0 Å². The molecule has 0 aliphatic heterocycles. The van der Waals surface area contributed by atoms with Crippen molar-refractivity contribution in [1.82, 2.24) is 10.6 Å². The van der Waals surface area contributed by atoms with Gasteiger partial charge < -0.3 is 26.6 Å². The lowest BCUT2D eigenvalue weighted by molar-refractivity contribution is -0.140. The minimum atomic E-state index is -0.954. The largest absolute Gasteiger partial charge is 0.480 e. The van der Waals surface area contributed by atoms with E-state index in [0.717, 1.165) is 11.1 Å². The monoisotopic (exact) mass is 399 g/mol. The van der Waals surface area contributed by atoms with Crippen molar-refractivity contribution in [1.29, 1.82) is 0 Å². The number of rotatable bonds is 12. The smallest absolute Gasteiger partial charge is 0.321 e. The predicted octanol–water partition coefficient (Wildman–Crippen LogP) is 1.27. The van der Waals surface area contributed by atoms with Crippen LogP contribution in [0.5, 0.6) is 0 Å². The number of hydrogen-bond donors (Lipinski definition) is 5. The first-order valence-corrected chi connectivity index (χ1v) is 9.56. The highest BCUT2D eigenvalue weighted by Gasteiger charge is 2.26. The number of carbonyl (C=O) groups is 2. The van der Waals surface area contributed by atoms with Gasteiger partial charge >= 0.3 is 11.9 Å². The highest BCUT2D eigenvalue weighted by molar-refractivity contribution is 5.74. The summed E-state index contributed by atoms with van der Waals surface area (Å²) in [6.45, 7) is 2.21. The Morgan fingerprint density at radius 2 is 1.17 bits per heavy atom. The third-order valence-electron chi connectivity index (χ3n) is 4.67. The molecule has 0 aliphatic rings. The topological polar surface area (TPSA) is 125 Å². The SMILES string of the molecule is CC(N)(CN[C@@H](Cc1ccccc1)C(=O)O)CN[C@@H](Cc1ccccc1)C(=O)O. The second-order valence-electron chi connectivity index (χ2n) is 7.58. The zero-order chi connectivity index (χ0) is 21.3. The van der Waals surface area contributed by atoms with Crippen LogP contribution in [-0.4, -0.2) is 52.9 Å². The van der Waals surface area contributed by atoms with Crippen LogP contribution in [0, 0.1) is 0 Å². The average molecular weight is 399 g/mol. The van der Waals surface area contributed by atoms with E-state index < -0.39 is 29.6 Å². The zero-order valence-corrected chi connectivity index (χ0v) is 16.5. The van der Waals surface area contributed by atoms with Gasteiger partial charge in [0.15, 0.2) is 0 Å². The first-order valence-electron chi connectivity index (χ1n) is 9.56. The molecule has 0 saturated carbocycles. The first-order chi connectivity index (χ1) is 13.8. The third-order valence-corrected chi connectivity index (χ3v) is 4.67. The Bertz CT molecular complexity index is 716. The molecule has 0 radical (unpaired) electrons. The summed E-state index contributed by atoms with van der Waals surface area (Å²) in [5.41, 5.74) is 7.29. The molecular weight excluding hydrogens is 370 g/mol. The molecule has 2 aromatic carbocycles. The van der Waals surface area contributed by atoms with E-state index in [-0.39, 0.29) is 13.1 Å². The highest BCUT2D eigenvalue weighted by Crippen LogP contribution is 2.07. The van der Waals surface area contributed by atoms with E-state index >= 15 is 0 Å². The molecule has 2 aromatic rings. The summed E-state index contributed by atoms with van der Waals surface area (Å²) < 4.78 is 0. The maximum Gasteiger partial charge on any atom is 0.321 e. The van der Waals surface area contributed by atoms with Gasteiger partial charge in [-0.1, -0.05) is 60.7 Å². The first kappa shape index (κ1) is 22.5. The van der Waals surface area contributed by atoms with Crippen molar-refractivity contribution in [3.05, 3.63) is 71.8 Å². The molecule has 0 aromatic heterocycles. The minimum Gasteiger partial charge on any atom is -0.480 e. The number of nitrogens with two attached hydrogens (primary N) is 1. The molecule has 0 spiro atoms. The lowest BCUT2D eigenvalue weighted by Crippen LogP contribution is -2.58.